The molecule has 1 unspecified atom stereocenters. The van der Waals surface area contributed by atoms with Crippen LogP contribution >= 0.6 is 23.1 Å². The summed E-state index contributed by atoms with van der Waals surface area (Å²) in [6.07, 6.45) is 1.61. The average Bonchev–Trinajstić information content (AvgIpc) is 3.49. The van der Waals surface area contributed by atoms with Crippen LogP contribution in [0.4, 0.5) is 0 Å². The van der Waals surface area contributed by atoms with E-state index in [1.165, 1.54) is 17.3 Å². The molecule has 1 atom stereocenters. The van der Waals surface area contributed by atoms with E-state index >= 15 is 0 Å². The Bertz CT molecular complexity index is 1040. The topological polar surface area (TPSA) is 85.8 Å². The molecule has 29 heavy (non-hydrogen) atoms. The molecule has 4 aromatic rings. The Kier molecular flexibility index (Phi) is 6.06. The van der Waals surface area contributed by atoms with Crippen molar-refractivity contribution in [2.24, 2.45) is 0 Å². The van der Waals surface area contributed by atoms with Crippen LogP contribution in [0.2, 0.25) is 0 Å². The number of nitrogens with zero attached hydrogens (tertiary/aromatic N) is 4. The first kappa shape index (κ1) is 19.4. The van der Waals surface area contributed by atoms with Crippen molar-refractivity contribution in [3.63, 3.8) is 0 Å². The molecule has 148 valence electrons. The van der Waals surface area contributed by atoms with Crippen LogP contribution in [-0.2, 0) is 11.3 Å². The van der Waals surface area contributed by atoms with Crippen LogP contribution in [0.3, 0.4) is 0 Å². The van der Waals surface area contributed by atoms with Gasteiger partial charge in [-0.25, -0.2) is 4.68 Å². The molecule has 0 spiro atoms. The fraction of sp³-hybridized carbons (Fsp3) is 0.200. The SMILES string of the molecule is Cc1ccc(C(NC(=O)CSc2nnnn2Cc2ccco2)c2cccs2)cc1. The summed E-state index contributed by atoms with van der Waals surface area (Å²) in [5.41, 5.74) is 2.24. The first-order valence-corrected chi connectivity index (χ1v) is 10.9. The third-order valence-electron chi connectivity index (χ3n) is 4.26. The molecule has 0 aliphatic rings. The number of carbonyl (C=O) groups is 1. The summed E-state index contributed by atoms with van der Waals surface area (Å²) in [4.78, 5) is 13.8. The van der Waals surface area contributed by atoms with Gasteiger partial charge < -0.3 is 9.73 Å². The monoisotopic (exact) mass is 425 g/mol. The normalized spacial score (nSPS) is 12.0. The van der Waals surface area contributed by atoms with Crippen LogP contribution in [0.25, 0.3) is 0 Å². The number of tetrazole rings is 1. The second-order valence-electron chi connectivity index (χ2n) is 6.41. The second-order valence-corrected chi connectivity index (χ2v) is 8.34. The summed E-state index contributed by atoms with van der Waals surface area (Å²) in [5, 5.41) is 17.4. The van der Waals surface area contributed by atoms with Crippen LogP contribution < -0.4 is 5.32 Å². The number of amides is 1. The minimum Gasteiger partial charge on any atom is -0.467 e. The predicted octanol–water partition coefficient (Wildman–Crippen LogP) is 3.68. The highest BCUT2D eigenvalue weighted by Gasteiger charge is 2.19. The summed E-state index contributed by atoms with van der Waals surface area (Å²) in [5.74, 6) is 0.883. The zero-order valence-electron chi connectivity index (χ0n) is 15.7. The van der Waals surface area contributed by atoms with Gasteiger partial charge in [-0.3, -0.25) is 4.79 Å². The molecule has 0 saturated heterocycles. The largest absolute Gasteiger partial charge is 0.467 e. The Morgan fingerprint density at radius 2 is 2.10 bits per heavy atom. The van der Waals surface area contributed by atoms with Gasteiger partial charge in [0.15, 0.2) is 0 Å². The number of aryl methyl sites for hydroxylation is 1. The molecule has 0 bridgehead atoms. The highest BCUT2D eigenvalue weighted by molar-refractivity contribution is 7.99. The lowest BCUT2D eigenvalue weighted by atomic mass is 10.0. The number of benzene rings is 1. The molecule has 0 saturated carbocycles. The summed E-state index contributed by atoms with van der Waals surface area (Å²) in [7, 11) is 0. The van der Waals surface area contributed by atoms with Crippen LogP contribution in [0.5, 0.6) is 0 Å². The third-order valence-corrected chi connectivity index (χ3v) is 6.16. The highest BCUT2D eigenvalue weighted by Crippen LogP contribution is 2.26. The number of hydrogen-bond acceptors (Lipinski definition) is 7. The maximum absolute atomic E-state index is 12.7. The van der Waals surface area contributed by atoms with Crippen molar-refractivity contribution >= 4 is 29.0 Å². The second kappa shape index (κ2) is 9.06. The molecule has 1 aromatic carbocycles. The molecule has 1 N–H and O–H groups in total. The van der Waals surface area contributed by atoms with E-state index in [2.05, 4.69) is 45.1 Å². The number of aromatic nitrogens is 4. The molecule has 3 aromatic heterocycles. The lowest BCUT2D eigenvalue weighted by molar-refractivity contribution is -0.119. The number of rotatable bonds is 8. The van der Waals surface area contributed by atoms with Gasteiger partial charge in [0.05, 0.1) is 18.1 Å². The van der Waals surface area contributed by atoms with Gasteiger partial charge >= 0.3 is 0 Å². The maximum Gasteiger partial charge on any atom is 0.231 e. The maximum atomic E-state index is 12.7. The fourth-order valence-electron chi connectivity index (χ4n) is 2.82. The van der Waals surface area contributed by atoms with Crippen molar-refractivity contribution in [2.75, 3.05) is 5.75 Å². The molecular weight excluding hydrogens is 406 g/mol. The van der Waals surface area contributed by atoms with Crippen LogP contribution in [0, 0.1) is 6.92 Å². The van der Waals surface area contributed by atoms with Gasteiger partial charge in [-0.05, 0) is 46.5 Å². The Morgan fingerprint density at radius 1 is 1.24 bits per heavy atom. The Labute approximate surface area is 176 Å². The van der Waals surface area contributed by atoms with Gasteiger partial charge in [0, 0.05) is 4.88 Å². The van der Waals surface area contributed by atoms with E-state index in [1.807, 2.05) is 36.6 Å². The van der Waals surface area contributed by atoms with E-state index in [-0.39, 0.29) is 17.7 Å². The zero-order chi connectivity index (χ0) is 20.1. The lowest BCUT2D eigenvalue weighted by Gasteiger charge is -2.18. The molecule has 0 aliphatic heterocycles. The number of carbonyl (C=O) groups excluding carboxylic acids is 1. The summed E-state index contributed by atoms with van der Waals surface area (Å²) < 4.78 is 6.95. The van der Waals surface area contributed by atoms with Gasteiger partial charge in [-0.15, -0.1) is 16.4 Å². The van der Waals surface area contributed by atoms with E-state index in [1.54, 1.807) is 22.3 Å². The Balaban J connectivity index is 1.41. The van der Waals surface area contributed by atoms with Crippen molar-refractivity contribution in [1.29, 1.82) is 0 Å². The quantitative estimate of drug-likeness (QED) is 0.434. The van der Waals surface area contributed by atoms with Crippen LogP contribution in [0.15, 0.2) is 69.7 Å². The van der Waals surface area contributed by atoms with Gasteiger partial charge in [-0.1, -0.05) is 47.7 Å². The molecule has 0 fully saturated rings. The van der Waals surface area contributed by atoms with Gasteiger partial charge in [0.1, 0.15) is 12.3 Å². The minimum absolute atomic E-state index is 0.0819. The molecule has 1 amide bonds. The highest BCUT2D eigenvalue weighted by atomic mass is 32.2. The molecule has 0 radical (unpaired) electrons. The molecule has 7 nitrogen and oxygen atoms in total. The molecule has 0 aliphatic carbocycles. The average molecular weight is 426 g/mol. The first-order chi connectivity index (χ1) is 14.2. The summed E-state index contributed by atoms with van der Waals surface area (Å²) in [6.45, 7) is 2.47. The number of nitrogens with one attached hydrogen (secondary N) is 1. The standard InChI is InChI=1S/C20H19N5O2S2/c1-14-6-8-15(9-7-14)19(17-5-3-11-28-17)21-18(26)13-29-20-22-23-24-25(20)12-16-4-2-10-27-16/h2-11,19H,12-13H2,1H3,(H,21,26). The number of thioether (sulfide) groups is 1. The number of hydrogen-bond donors (Lipinski definition) is 1. The molecule has 4 rings (SSSR count). The smallest absolute Gasteiger partial charge is 0.231 e. The van der Waals surface area contributed by atoms with Crippen molar-refractivity contribution in [1.82, 2.24) is 25.5 Å². The molecular formula is C20H19N5O2S2. The molecule has 3 heterocycles. The first-order valence-electron chi connectivity index (χ1n) is 9.00. The van der Waals surface area contributed by atoms with E-state index in [4.69, 9.17) is 4.42 Å². The van der Waals surface area contributed by atoms with E-state index in [0.717, 1.165) is 16.2 Å². The van der Waals surface area contributed by atoms with Crippen LogP contribution in [0.1, 0.15) is 27.8 Å². The Morgan fingerprint density at radius 3 is 2.83 bits per heavy atom. The lowest BCUT2D eigenvalue weighted by Crippen LogP contribution is -2.30. The van der Waals surface area contributed by atoms with Crippen molar-refractivity contribution in [3.8, 4) is 0 Å². The van der Waals surface area contributed by atoms with E-state index in [9.17, 15) is 4.79 Å². The van der Waals surface area contributed by atoms with E-state index in [0.29, 0.717) is 11.7 Å². The zero-order valence-corrected chi connectivity index (χ0v) is 17.3. The molecule has 9 heteroatoms. The van der Waals surface area contributed by atoms with Gasteiger partial charge in [-0.2, -0.15) is 0 Å². The van der Waals surface area contributed by atoms with Crippen molar-refractivity contribution in [2.45, 2.75) is 24.7 Å². The predicted molar refractivity (Wildman–Crippen MR) is 112 cm³/mol. The van der Waals surface area contributed by atoms with Crippen molar-refractivity contribution in [3.05, 3.63) is 81.9 Å². The van der Waals surface area contributed by atoms with Crippen LogP contribution in [-0.4, -0.2) is 31.9 Å². The third kappa shape index (κ3) is 4.93. The summed E-state index contributed by atoms with van der Waals surface area (Å²) >= 11 is 2.92. The Hall–Kier alpha value is -2.91. The van der Waals surface area contributed by atoms with Gasteiger partial charge in [0.25, 0.3) is 0 Å². The van der Waals surface area contributed by atoms with Crippen molar-refractivity contribution < 1.29 is 9.21 Å². The minimum atomic E-state index is -0.178. The number of furan rings is 1. The van der Waals surface area contributed by atoms with E-state index < -0.39 is 0 Å². The van der Waals surface area contributed by atoms with Gasteiger partial charge in [0.2, 0.25) is 11.1 Å². The number of thiophene rings is 1. The summed E-state index contributed by atoms with van der Waals surface area (Å²) in [6, 6.07) is 15.7. The fourth-order valence-corrected chi connectivity index (χ4v) is 4.31.